The van der Waals surface area contributed by atoms with Gasteiger partial charge in [-0.15, -0.1) is 0 Å². The lowest BCUT2D eigenvalue weighted by Gasteiger charge is -2.35. The van der Waals surface area contributed by atoms with E-state index in [4.69, 9.17) is 32.7 Å². The minimum Gasteiger partial charge on any atom is -0.495 e. The Morgan fingerprint density at radius 1 is 0.975 bits per heavy atom. The largest absolute Gasteiger partial charge is 0.495 e. The number of carbonyl (C=O) groups is 1. The monoisotopic (exact) mass is 580 g/mol. The smallest absolute Gasteiger partial charge is 0.257 e. The van der Waals surface area contributed by atoms with E-state index >= 15 is 0 Å². The summed E-state index contributed by atoms with van der Waals surface area (Å²) in [6.07, 6.45) is 6.94. The molecule has 1 aliphatic rings. The van der Waals surface area contributed by atoms with Crippen LogP contribution in [0, 0.1) is 0 Å². The van der Waals surface area contributed by atoms with E-state index in [9.17, 15) is 4.79 Å². The molecule has 5 rings (SSSR count). The van der Waals surface area contributed by atoms with Crippen molar-refractivity contribution in [3.05, 3.63) is 64.5 Å². The van der Waals surface area contributed by atoms with Crippen molar-refractivity contribution >= 4 is 51.6 Å². The second kappa shape index (κ2) is 11.8. The van der Waals surface area contributed by atoms with Crippen LogP contribution in [0.15, 0.2) is 48.9 Å². The molecule has 11 heteroatoms. The fourth-order valence-corrected chi connectivity index (χ4v) is 5.70. The molecule has 0 spiro atoms. The average molecular weight is 582 g/mol. The highest BCUT2D eigenvalue weighted by Crippen LogP contribution is 2.47. The first-order valence-electron chi connectivity index (χ1n) is 12.8. The van der Waals surface area contributed by atoms with Crippen LogP contribution in [-0.2, 0) is 0 Å². The van der Waals surface area contributed by atoms with Gasteiger partial charge in [0.15, 0.2) is 0 Å². The summed E-state index contributed by atoms with van der Waals surface area (Å²) >= 11 is 13.3. The summed E-state index contributed by atoms with van der Waals surface area (Å²) in [7, 11) is 7.24. The maximum Gasteiger partial charge on any atom is 0.257 e. The molecular weight excluding hydrogens is 551 g/mol. The molecule has 1 N–H and O–H groups in total. The van der Waals surface area contributed by atoms with Crippen LogP contribution in [0.25, 0.3) is 22.2 Å². The summed E-state index contributed by atoms with van der Waals surface area (Å²) < 4.78 is 10.9. The van der Waals surface area contributed by atoms with Crippen molar-refractivity contribution in [3.63, 3.8) is 0 Å². The maximum atomic E-state index is 13.4. The lowest BCUT2D eigenvalue weighted by molar-refractivity contribution is 0.102. The van der Waals surface area contributed by atoms with Gasteiger partial charge in [0, 0.05) is 42.7 Å². The van der Waals surface area contributed by atoms with E-state index in [1.54, 1.807) is 30.6 Å². The van der Waals surface area contributed by atoms with Gasteiger partial charge in [0.1, 0.15) is 22.8 Å². The van der Waals surface area contributed by atoms with Gasteiger partial charge in [-0.25, -0.2) is 4.98 Å². The number of pyridine rings is 1. The van der Waals surface area contributed by atoms with E-state index in [0.29, 0.717) is 61.0 Å². The fourth-order valence-electron chi connectivity index (χ4n) is 5.00. The fraction of sp³-hybridized carbons (Fsp3) is 0.310. The van der Waals surface area contributed by atoms with Crippen molar-refractivity contribution in [2.75, 3.05) is 51.6 Å². The van der Waals surface area contributed by atoms with Crippen molar-refractivity contribution in [2.45, 2.75) is 18.9 Å². The van der Waals surface area contributed by atoms with E-state index in [0.717, 1.165) is 31.7 Å². The zero-order chi connectivity index (χ0) is 28.4. The number of fused-ring (bicyclic) bond motifs is 1. The molecule has 0 saturated carbocycles. The Kier molecular flexibility index (Phi) is 8.25. The van der Waals surface area contributed by atoms with Crippen LogP contribution in [-0.4, -0.2) is 73.2 Å². The molecule has 9 nitrogen and oxygen atoms in total. The predicted octanol–water partition coefficient (Wildman–Crippen LogP) is 5.80. The second-order valence-corrected chi connectivity index (χ2v) is 10.5. The van der Waals surface area contributed by atoms with Gasteiger partial charge in [0.2, 0.25) is 0 Å². The number of methoxy groups -OCH3 is 2. The van der Waals surface area contributed by atoms with E-state index in [1.165, 1.54) is 20.4 Å². The average Bonchev–Trinajstić information content (AvgIpc) is 2.98. The van der Waals surface area contributed by atoms with Gasteiger partial charge in [0.05, 0.1) is 47.2 Å². The molecule has 4 aromatic rings. The second-order valence-electron chi connectivity index (χ2n) is 9.70. The number of nitrogens with one attached hydrogen (secondary N) is 1. The van der Waals surface area contributed by atoms with Crippen LogP contribution in [0.4, 0.5) is 11.5 Å². The Hall–Kier alpha value is -3.66. The summed E-state index contributed by atoms with van der Waals surface area (Å²) in [6, 6.07) is 9.27. The highest BCUT2D eigenvalue weighted by atomic mass is 35.5. The van der Waals surface area contributed by atoms with Crippen LogP contribution in [0.2, 0.25) is 10.0 Å². The molecular formula is C29H30Cl2N6O3. The van der Waals surface area contributed by atoms with Gasteiger partial charge in [-0.3, -0.25) is 14.8 Å². The number of hydrogen-bond acceptors (Lipinski definition) is 8. The first-order valence-corrected chi connectivity index (χ1v) is 13.6. The summed E-state index contributed by atoms with van der Waals surface area (Å²) in [5.41, 5.74) is 2.86. The SMILES string of the molecule is COc1cc(OC)c(Cl)c(-c2ccc(C(=O)Nc3ccc(N(C)C4CCN(C)CC4)nc3)c3nccnc23)c1Cl. The number of hydrogen-bond donors (Lipinski definition) is 1. The number of halogens is 2. The lowest BCUT2D eigenvalue weighted by Crippen LogP contribution is -2.42. The Morgan fingerprint density at radius 2 is 1.62 bits per heavy atom. The molecule has 2 aromatic heterocycles. The van der Waals surface area contributed by atoms with Crippen LogP contribution in [0.3, 0.4) is 0 Å². The topological polar surface area (TPSA) is 92.7 Å². The lowest BCUT2D eigenvalue weighted by atomic mass is 9.99. The van der Waals surface area contributed by atoms with Crippen LogP contribution < -0.4 is 19.7 Å². The number of amides is 1. The van der Waals surface area contributed by atoms with Gasteiger partial charge in [-0.1, -0.05) is 29.3 Å². The minimum atomic E-state index is -0.337. The molecule has 2 aromatic carbocycles. The van der Waals surface area contributed by atoms with Gasteiger partial charge >= 0.3 is 0 Å². The van der Waals surface area contributed by atoms with Crippen molar-refractivity contribution < 1.29 is 14.3 Å². The van der Waals surface area contributed by atoms with Crippen molar-refractivity contribution in [2.24, 2.45) is 0 Å². The summed E-state index contributed by atoms with van der Waals surface area (Å²) in [5.74, 6) is 1.33. The zero-order valence-corrected chi connectivity index (χ0v) is 24.3. The molecule has 208 valence electrons. The third-order valence-electron chi connectivity index (χ3n) is 7.32. The van der Waals surface area contributed by atoms with Gasteiger partial charge in [-0.05, 0) is 51.2 Å². The molecule has 0 bridgehead atoms. The number of aromatic nitrogens is 3. The van der Waals surface area contributed by atoms with Gasteiger partial charge in [0.25, 0.3) is 5.91 Å². The van der Waals surface area contributed by atoms with E-state index < -0.39 is 0 Å². The molecule has 1 aliphatic heterocycles. The molecule has 0 atom stereocenters. The third-order valence-corrected chi connectivity index (χ3v) is 8.07. The Balaban J connectivity index is 1.43. The Bertz CT molecular complexity index is 1510. The predicted molar refractivity (Wildman–Crippen MR) is 159 cm³/mol. The van der Waals surface area contributed by atoms with Crippen LogP contribution >= 0.6 is 23.2 Å². The van der Waals surface area contributed by atoms with Gasteiger partial charge < -0.3 is 24.6 Å². The van der Waals surface area contributed by atoms with Crippen LogP contribution in [0.5, 0.6) is 11.5 Å². The number of carbonyl (C=O) groups excluding carboxylic acids is 1. The minimum absolute atomic E-state index is 0.300. The van der Waals surface area contributed by atoms with Crippen molar-refractivity contribution in [1.29, 1.82) is 0 Å². The molecule has 1 amide bonds. The Morgan fingerprint density at radius 3 is 2.23 bits per heavy atom. The number of benzene rings is 2. The van der Waals surface area contributed by atoms with Crippen LogP contribution in [0.1, 0.15) is 23.2 Å². The highest BCUT2D eigenvalue weighted by Gasteiger charge is 2.24. The Labute approximate surface area is 243 Å². The maximum absolute atomic E-state index is 13.4. The molecule has 0 radical (unpaired) electrons. The molecule has 3 heterocycles. The quantitative estimate of drug-likeness (QED) is 0.293. The normalized spacial score (nSPS) is 14.2. The van der Waals surface area contributed by atoms with E-state index in [2.05, 4.69) is 44.2 Å². The summed E-state index contributed by atoms with van der Waals surface area (Å²) in [5, 5.41) is 3.53. The van der Waals surface area contributed by atoms with Crippen molar-refractivity contribution in [1.82, 2.24) is 19.9 Å². The standard InChI is InChI=1S/C29H30Cl2N6O3/c1-36-13-9-18(10-14-36)37(2)23-8-5-17(16-34-23)35-29(38)20-7-6-19(27-28(20)33-12-11-32-27)24-25(30)21(39-3)15-22(40-4)26(24)31/h5-8,11-12,15-16,18H,9-10,13-14H2,1-4H3,(H,35,38). The van der Waals surface area contributed by atoms with E-state index in [-0.39, 0.29) is 5.91 Å². The van der Waals surface area contributed by atoms with E-state index in [1.807, 2.05) is 12.1 Å². The van der Waals surface area contributed by atoms with Gasteiger partial charge in [-0.2, -0.15) is 0 Å². The number of piperidine rings is 1. The zero-order valence-electron chi connectivity index (χ0n) is 22.7. The molecule has 1 saturated heterocycles. The number of rotatable bonds is 7. The third kappa shape index (κ3) is 5.37. The molecule has 0 unspecified atom stereocenters. The number of likely N-dealkylation sites (tertiary alicyclic amines) is 1. The first kappa shape index (κ1) is 27.9. The summed E-state index contributed by atoms with van der Waals surface area (Å²) in [4.78, 5) is 31.5. The molecule has 40 heavy (non-hydrogen) atoms. The first-order chi connectivity index (χ1) is 19.3. The summed E-state index contributed by atoms with van der Waals surface area (Å²) in [6.45, 7) is 2.14. The number of anilines is 2. The highest BCUT2D eigenvalue weighted by molar-refractivity contribution is 6.41. The molecule has 1 fully saturated rings. The number of ether oxygens (including phenoxy) is 2. The molecule has 0 aliphatic carbocycles. The van der Waals surface area contributed by atoms with Crippen molar-refractivity contribution in [3.8, 4) is 22.6 Å². The number of nitrogens with zero attached hydrogens (tertiary/aromatic N) is 5.